The number of fused-ring (bicyclic) bond motifs is 1. The first-order chi connectivity index (χ1) is 13.9. The molecule has 0 bridgehead atoms. The summed E-state index contributed by atoms with van der Waals surface area (Å²) in [5.41, 5.74) is 4.15. The number of hydrogen-bond acceptors (Lipinski definition) is 3. The van der Waals surface area contributed by atoms with E-state index in [4.69, 9.17) is 0 Å². The first-order valence-electron chi connectivity index (χ1n) is 9.65. The van der Waals surface area contributed by atoms with Crippen LogP contribution in [0.4, 0.5) is 5.69 Å². The number of aromatic amines is 1. The van der Waals surface area contributed by atoms with E-state index < -0.39 is 11.5 Å². The van der Waals surface area contributed by atoms with Gasteiger partial charge in [-0.3, -0.25) is 14.4 Å². The summed E-state index contributed by atoms with van der Waals surface area (Å²) in [7, 11) is 0. The topological polar surface area (TPSA) is 79.0 Å². The number of Topliss-reactive ketones (excluding diaryl/α,β-unsaturated/α-hetero) is 1. The summed E-state index contributed by atoms with van der Waals surface area (Å²) in [6.45, 7) is 3.82. The van der Waals surface area contributed by atoms with Crippen molar-refractivity contribution in [2.24, 2.45) is 0 Å². The molecule has 2 aromatic carbocycles. The summed E-state index contributed by atoms with van der Waals surface area (Å²) >= 11 is 0. The molecule has 0 spiro atoms. The molecule has 0 saturated carbocycles. The van der Waals surface area contributed by atoms with E-state index in [9.17, 15) is 14.4 Å². The molecular weight excluding hydrogens is 364 g/mol. The van der Waals surface area contributed by atoms with Crippen molar-refractivity contribution in [3.8, 4) is 0 Å². The zero-order chi connectivity index (χ0) is 20.5. The largest absolute Gasteiger partial charge is 0.325 e. The van der Waals surface area contributed by atoms with E-state index in [1.54, 1.807) is 0 Å². The molecule has 3 aromatic rings. The first kappa shape index (κ1) is 18.9. The minimum atomic E-state index is -0.513. The first-order valence-corrected chi connectivity index (χ1v) is 9.65. The van der Waals surface area contributed by atoms with Gasteiger partial charge in [-0.2, -0.15) is 0 Å². The number of anilines is 1. The van der Waals surface area contributed by atoms with Gasteiger partial charge in [0.15, 0.2) is 5.78 Å². The van der Waals surface area contributed by atoms with Crippen molar-refractivity contribution in [3.05, 3.63) is 98.5 Å². The normalized spacial score (nSPS) is 15.7. The summed E-state index contributed by atoms with van der Waals surface area (Å²) in [5.74, 6) is -0.542. The molecule has 0 radical (unpaired) electrons. The summed E-state index contributed by atoms with van der Waals surface area (Å²) in [5, 5.41) is 2.79. The fourth-order valence-electron chi connectivity index (χ4n) is 3.82. The number of carbonyl (C=O) groups excluding carboxylic acids is 2. The number of aryl methyl sites for hydroxylation is 2. The number of carbonyl (C=O) groups is 2. The van der Waals surface area contributed by atoms with Gasteiger partial charge < -0.3 is 10.3 Å². The van der Waals surface area contributed by atoms with Crippen LogP contribution in [0.25, 0.3) is 0 Å². The van der Waals surface area contributed by atoms with Crippen LogP contribution in [0.15, 0.2) is 59.4 Å². The SMILES string of the molecule is Cc1ccc(C)c(NC(=O)c2cc3c([nH]c2=O)CC(c2ccccc2)CC3=O)c1. The predicted molar refractivity (Wildman–Crippen MR) is 113 cm³/mol. The Kier molecular flexibility index (Phi) is 4.89. The molecule has 1 aliphatic rings. The predicted octanol–water partition coefficient (Wildman–Crippen LogP) is 4.16. The van der Waals surface area contributed by atoms with Crippen LogP contribution in [0.3, 0.4) is 0 Å². The Balaban J connectivity index is 1.64. The smallest absolute Gasteiger partial charge is 0.261 e. The number of pyridine rings is 1. The quantitative estimate of drug-likeness (QED) is 0.709. The van der Waals surface area contributed by atoms with Crippen LogP contribution in [0.1, 0.15) is 55.4 Å². The summed E-state index contributed by atoms with van der Waals surface area (Å²) in [6, 6.07) is 17.0. The average Bonchev–Trinajstić information content (AvgIpc) is 2.70. The number of H-pyrrole nitrogens is 1. The van der Waals surface area contributed by atoms with E-state index in [-0.39, 0.29) is 17.3 Å². The Labute approximate surface area is 168 Å². The van der Waals surface area contributed by atoms with E-state index in [1.807, 2.05) is 62.4 Å². The lowest BCUT2D eigenvalue weighted by Crippen LogP contribution is -2.29. The van der Waals surface area contributed by atoms with Crippen molar-refractivity contribution in [2.75, 3.05) is 5.32 Å². The molecule has 1 unspecified atom stereocenters. The number of benzene rings is 2. The Hall–Kier alpha value is -3.47. The highest BCUT2D eigenvalue weighted by molar-refractivity contribution is 6.07. The maximum atomic E-state index is 12.8. The van der Waals surface area contributed by atoms with Crippen LogP contribution in [0.2, 0.25) is 0 Å². The fraction of sp³-hybridized carbons (Fsp3) is 0.208. The van der Waals surface area contributed by atoms with Crippen molar-refractivity contribution in [1.29, 1.82) is 0 Å². The number of hydrogen-bond donors (Lipinski definition) is 2. The second kappa shape index (κ2) is 7.51. The standard InChI is InChI=1S/C24H22N2O3/c1-14-8-9-15(2)20(10-14)25-23(28)19-13-18-21(26-24(19)29)11-17(12-22(18)27)16-6-4-3-5-7-16/h3-10,13,17H,11-12H2,1-2H3,(H,25,28)(H,26,29). The molecule has 0 aliphatic heterocycles. The molecule has 146 valence electrons. The molecule has 0 saturated heterocycles. The lowest BCUT2D eigenvalue weighted by Gasteiger charge is -2.24. The Morgan fingerprint density at radius 3 is 2.52 bits per heavy atom. The third-order valence-electron chi connectivity index (χ3n) is 5.46. The molecule has 2 N–H and O–H groups in total. The molecule has 1 heterocycles. The highest BCUT2D eigenvalue weighted by Crippen LogP contribution is 2.31. The minimum Gasteiger partial charge on any atom is -0.325 e. The van der Waals surface area contributed by atoms with E-state index in [0.717, 1.165) is 16.7 Å². The lowest BCUT2D eigenvalue weighted by molar-refractivity contribution is 0.0963. The summed E-state index contributed by atoms with van der Waals surface area (Å²) < 4.78 is 0. The van der Waals surface area contributed by atoms with Crippen LogP contribution in [-0.2, 0) is 6.42 Å². The lowest BCUT2D eigenvalue weighted by atomic mass is 9.81. The zero-order valence-electron chi connectivity index (χ0n) is 16.4. The van der Waals surface area contributed by atoms with E-state index in [0.29, 0.717) is 29.8 Å². The third-order valence-corrected chi connectivity index (χ3v) is 5.46. The van der Waals surface area contributed by atoms with E-state index in [1.165, 1.54) is 6.07 Å². The molecular formula is C24H22N2O3. The van der Waals surface area contributed by atoms with Gasteiger partial charge in [-0.25, -0.2) is 0 Å². The van der Waals surface area contributed by atoms with Crippen LogP contribution >= 0.6 is 0 Å². The van der Waals surface area contributed by atoms with Gasteiger partial charge in [-0.1, -0.05) is 42.5 Å². The highest BCUT2D eigenvalue weighted by atomic mass is 16.2. The van der Waals surface area contributed by atoms with Crippen molar-refractivity contribution in [2.45, 2.75) is 32.6 Å². The maximum absolute atomic E-state index is 12.8. The van der Waals surface area contributed by atoms with Gasteiger partial charge in [0, 0.05) is 23.4 Å². The van der Waals surface area contributed by atoms with E-state index in [2.05, 4.69) is 10.3 Å². The minimum absolute atomic E-state index is 0.0291. The number of ketones is 1. The molecule has 1 aromatic heterocycles. The second-order valence-electron chi connectivity index (χ2n) is 7.62. The number of nitrogens with one attached hydrogen (secondary N) is 2. The van der Waals surface area contributed by atoms with Gasteiger partial charge in [-0.15, -0.1) is 0 Å². The molecule has 0 fully saturated rings. The molecule has 1 aliphatic carbocycles. The number of amides is 1. The molecule has 1 atom stereocenters. The van der Waals surface area contributed by atoms with Crippen molar-refractivity contribution in [3.63, 3.8) is 0 Å². The van der Waals surface area contributed by atoms with Crippen LogP contribution in [0.5, 0.6) is 0 Å². The molecule has 5 nitrogen and oxygen atoms in total. The van der Waals surface area contributed by atoms with Gasteiger partial charge in [0.25, 0.3) is 11.5 Å². The zero-order valence-corrected chi connectivity index (χ0v) is 16.4. The van der Waals surface area contributed by atoms with Gasteiger partial charge in [0.1, 0.15) is 5.56 Å². The molecule has 4 rings (SSSR count). The summed E-state index contributed by atoms with van der Waals surface area (Å²) in [6.07, 6.45) is 0.931. The highest BCUT2D eigenvalue weighted by Gasteiger charge is 2.28. The van der Waals surface area contributed by atoms with E-state index >= 15 is 0 Å². The van der Waals surface area contributed by atoms with Gasteiger partial charge in [-0.05, 0) is 55.0 Å². The third kappa shape index (κ3) is 3.76. The number of rotatable bonds is 3. The van der Waals surface area contributed by atoms with Crippen LogP contribution in [-0.4, -0.2) is 16.7 Å². The molecule has 1 amide bonds. The van der Waals surface area contributed by atoms with Crippen LogP contribution in [0, 0.1) is 13.8 Å². The van der Waals surface area contributed by atoms with Crippen LogP contribution < -0.4 is 10.9 Å². The monoisotopic (exact) mass is 386 g/mol. The van der Waals surface area contributed by atoms with Crippen molar-refractivity contribution >= 4 is 17.4 Å². The van der Waals surface area contributed by atoms with Crippen molar-refractivity contribution in [1.82, 2.24) is 4.98 Å². The van der Waals surface area contributed by atoms with Crippen molar-refractivity contribution < 1.29 is 9.59 Å². The Morgan fingerprint density at radius 2 is 1.76 bits per heavy atom. The van der Waals surface area contributed by atoms with Gasteiger partial charge in [0.05, 0.1) is 0 Å². The van der Waals surface area contributed by atoms with Gasteiger partial charge in [0.2, 0.25) is 0 Å². The average molecular weight is 386 g/mol. The Morgan fingerprint density at radius 1 is 1.00 bits per heavy atom. The second-order valence-corrected chi connectivity index (χ2v) is 7.62. The molecule has 5 heteroatoms. The summed E-state index contributed by atoms with van der Waals surface area (Å²) in [4.78, 5) is 40.9. The Bertz CT molecular complexity index is 1160. The number of aromatic nitrogens is 1. The maximum Gasteiger partial charge on any atom is 0.261 e. The van der Waals surface area contributed by atoms with Gasteiger partial charge >= 0.3 is 0 Å². The molecule has 29 heavy (non-hydrogen) atoms. The fourth-order valence-corrected chi connectivity index (χ4v) is 3.82.